The van der Waals surface area contributed by atoms with Crippen LogP contribution in [0.5, 0.6) is 0 Å². The van der Waals surface area contributed by atoms with Crippen LogP contribution in [0.15, 0.2) is 0 Å². The molecule has 1 atom stereocenters. The first-order chi connectivity index (χ1) is 9.46. The van der Waals surface area contributed by atoms with Crippen LogP contribution >= 0.6 is 0 Å². The van der Waals surface area contributed by atoms with E-state index < -0.39 is 5.60 Å². The molecule has 4 nitrogen and oxygen atoms in total. The molecule has 0 radical (unpaired) electrons. The van der Waals surface area contributed by atoms with Crippen LogP contribution in [0.4, 0.5) is 4.79 Å². The summed E-state index contributed by atoms with van der Waals surface area (Å²) in [5, 5.41) is 3.46. The van der Waals surface area contributed by atoms with E-state index in [2.05, 4.69) is 5.32 Å². The minimum absolute atomic E-state index is 0.127. The molecule has 1 unspecified atom stereocenters. The second kappa shape index (κ2) is 6.79. The molecule has 4 heteroatoms. The Morgan fingerprint density at radius 3 is 2.55 bits per heavy atom. The smallest absolute Gasteiger partial charge is 0.410 e. The minimum Gasteiger partial charge on any atom is -0.444 e. The first kappa shape index (κ1) is 15.6. The third-order valence-corrected chi connectivity index (χ3v) is 4.27. The quantitative estimate of drug-likeness (QED) is 0.864. The molecule has 1 heterocycles. The summed E-state index contributed by atoms with van der Waals surface area (Å²) >= 11 is 0. The highest BCUT2D eigenvalue weighted by Crippen LogP contribution is 2.29. The van der Waals surface area contributed by atoms with E-state index in [-0.39, 0.29) is 6.09 Å². The summed E-state index contributed by atoms with van der Waals surface area (Å²) < 4.78 is 5.62. The number of nitrogens with one attached hydrogen (secondary N) is 1. The molecule has 1 saturated carbocycles. The zero-order valence-electron chi connectivity index (χ0n) is 13.3. The molecular weight excluding hydrogens is 252 g/mol. The highest BCUT2D eigenvalue weighted by Gasteiger charge is 2.32. The van der Waals surface area contributed by atoms with Crippen LogP contribution in [0.1, 0.15) is 59.3 Å². The van der Waals surface area contributed by atoms with Gasteiger partial charge in [-0.15, -0.1) is 0 Å². The lowest BCUT2D eigenvalue weighted by Gasteiger charge is -2.38. The molecular formula is C16H30N2O2. The Kier molecular flexibility index (Phi) is 5.30. The zero-order valence-corrected chi connectivity index (χ0v) is 13.3. The highest BCUT2D eigenvalue weighted by molar-refractivity contribution is 5.68. The molecule has 0 aromatic rings. The summed E-state index contributed by atoms with van der Waals surface area (Å²) in [5.41, 5.74) is -0.410. The summed E-state index contributed by atoms with van der Waals surface area (Å²) in [4.78, 5) is 14.5. The predicted octanol–water partition coefficient (Wildman–Crippen LogP) is 3.17. The fourth-order valence-corrected chi connectivity index (χ4v) is 2.91. The van der Waals surface area contributed by atoms with Gasteiger partial charge in [-0.25, -0.2) is 4.79 Å². The van der Waals surface area contributed by atoms with E-state index in [1.165, 1.54) is 32.1 Å². The lowest BCUT2D eigenvalue weighted by molar-refractivity contribution is 0.00844. The van der Waals surface area contributed by atoms with Crippen molar-refractivity contribution in [3.05, 3.63) is 0 Å². The maximum atomic E-state index is 12.5. The number of rotatable bonds is 3. The molecule has 2 rings (SSSR count). The average molecular weight is 282 g/mol. The van der Waals surface area contributed by atoms with Gasteiger partial charge in [-0.05, 0) is 58.9 Å². The van der Waals surface area contributed by atoms with Crippen molar-refractivity contribution in [3.8, 4) is 0 Å². The van der Waals surface area contributed by atoms with Crippen LogP contribution in [0.25, 0.3) is 0 Å². The Morgan fingerprint density at radius 1 is 1.20 bits per heavy atom. The van der Waals surface area contributed by atoms with Crippen LogP contribution in [0, 0.1) is 5.92 Å². The van der Waals surface area contributed by atoms with Gasteiger partial charge in [-0.3, -0.25) is 0 Å². The Hall–Kier alpha value is -0.770. The van der Waals surface area contributed by atoms with Gasteiger partial charge in [0.1, 0.15) is 5.60 Å². The lowest BCUT2D eigenvalue weighted by Crippen LogP contribution is -2.49. The van der Waals surface area contributed by atoms with E-state index in [0.29, 0.717) is 12.0 Å². The van der Waals surface area contributed by atoms with Crippen LogP contribution in [-0.2, 0) is 4.74 Å². The van der Waals surface area contributed by atoms with Crippen LogP contribution < -0.4 is 5.32 Å². The number of carbonyl (C=O) groups excluding carboxylic acids is 1. The number of hydrogen-bond acceptors (Lipinski definition) is 3. The number of hydrogen-bond donors (Lipinski definition) is 1. The third-order valence-electron chi connectivity index (χ3n) is 4.27. The van der Waals surface area contributed by atoms with Crippen molar-refractivity contribution in [2.24, 2.45) is 5.92 Å². The molecule has 2 aliphatic rings. The standard InChI is InChI=1S/C16H30N2O2/c1-16(2,3)20-15(19)18(12-13-7-6-8-13)14-9-4-5-10-17-11-14/h13-14,17H,4-12H2,1-3H3. The highest BCUT2D eigenvalue weighted by atomic mass is 16.6. The second-order valence-electron chi connectivity index (χ2n) is 7.28. The van der Waals surface area contributed by atoms with Crippen molar-refractivity contribution < 1.29 is 9.53 Å². The Bertz CT molecular complexity index is 313. The zero-order chi connectivity index (χ0) is 14.6. The van der Waals surface area contributed by atoms with Gasteiger partial charge < -0.3 is 15.0 Å². The number of amides is 1. The number of nitrogens with zero attached hydrogens (tertiary/aromatic N) is 1. The topological polar surface area (TPSA) is 41.6 Å². The molecule has 0 aromatic carbocycles. The van der Waals surface area contributed by atoms with E-state index in [0.717, 1.165) is 26.1 Å². The maximum Gasteiger partial charge on any atom is 0.410 e. The Balaban J connectivity index is 1.99. The summed E-state index contributed by atoms with van der Waals surface area (Å²) in [6, 6.07) is 0.299. The Morgan fingerprint density at radius 2 is 1.95 bits per heavy atom. The van der Waals surface area contributed by atoms with Gasteiger partial charge in [0, 0.05) is 19.1 Å². The van der Waals surface area contributed by atoms with Crippen molar-refractivity contribution in [1.29, 1.82) is 0 Å². The third kappa shape index (κ3) is 4.65. The maximum absolute atomic E-state index is 12.5. The summed E-state index contributed by atoms with van der Waals surface area (Å²) in [6.07, 6.45) is 7.22. The number of ether oxygens (including phenoxy) is 1. The lowest BCUT2D eigenvalue weighted by atomic mass is 9.85. The van der Waals surface area contributed by atoms with E-state index in [1.54, 1.807) is 0 Å². The summed E-state index contributed by atoms with van der Waals surface area (Å²) in [6.45, 7) is 8.68. The van der Waals surface area contributed by atoms with E-state index >= 15 is 0 Å². The fourth-order valence-electron chi connectivity index (χ4n) is 2.91. The molecule has 0 bridgehead atoms. The van der Waals surface area contributed by atoms with Crippen molar-refractivity contribution in [1.82, 2.24) is 10.2 Å². The summed E-state index contributed by atoms with van der Waals surface area (Å²) in [5.74, 6) is 0.686. The van der Waals surface area contributed by atoms with Crippen LogP contribution in [0.2, 0.25) is 0 Å². The first-order valence-electron chi connectivity index (χ1n) is 8.16. The van der Waals surface area contributed by atoms with Crippen LogP contribution in [-0.4, -0.2) is 42.3 Å². The number of carbonyl (C=O) groups is 1. The van der Waals surface area contributed by atoms with Crippen molar-refractivity contribution in [2.75, 3.05) is 19.6 Å². The van der Waals surface area contributed by atoms with Crippen molar-refractivity contribution in [3.63, 3.8) is 0 Å². The van der Waals surface area contributed by atoms with Gasteiger partial charge in [-0.1, -0.05) is 12.8 Å². The normalized spacial score (nSPS) is 24.6. The fraction of sp³-hybridized carbons (Fsp3) is 0.938. The predicted molar refractivity (Wildman–Crippen MR) is 80.8 cm³/mol. The van der Waals surface area contributed by atoms with Gasteiger partial charge in [0.05, 0.1) is 0 Å². The van der Waals surface area contributed by atoms with E-state index in [1.807, 2.05) is 25.7 Å². The largest absolute Gasteiger partial charge is 0.444 e. The van der Waals surface area contributed by atoms with Gasteiger partial charge in [0.15, 0.2) is 0 Å². The van der Waals surface area contributed by atoms with Crippen molar-refractivity contribution >= 4 is 6.09 Å². The van der Waals surface area contributed by atoms with Crippen molar-refractivity contribution in [2.45, 2.75) is 70.9 Å². The molecule has 0 spiro atoms. The molecule has 116 valence electrons. The van der Waals surface area contributed by atoms with Gasteiger partial charge in [0.25, 0.3) is 0 Å². The second-order valence-corrected chi connectivity index (χ2v) is 7.28. The van der Waals surface area contributed by atoms with Gasteiger partial charge in [-0.2, -0.15) is 0 Å². The van der Waals surface area contributed by atoms with E-state index in [9.17, 15) is 4.79 Å². The average Bonchev–Trinajstić information content (AvgIpc) is 2.53. The molecule has 0 aromatic heterocycles. The summed E-state index contributed by atoms with van der Waals surface area (Å²) in [7, 11) is 0. The molecule has 2 fully saturated rings. The molecule has 1 N–H and O–H groups in total. The Labute approximate surface area is 123 Å². The molecule has 1 aliphatic heterocycles. The van der Waals surface area contributed by atoms with Gasteiger partial charge in [0.2, 0.25) is 0 Å². The SMILES string of the molecule is CC(C)(C)OC(=O)N(CC1CCC1)C1CCCCNC1. The van der Waals surface area contributed by atoms with E-state index in [4.69, 9.17) is 4.74 Å². The molecule has 1 saturated heterocycles. The van der Waals surface area contributed by atoms with Crippen LogP contribution in [0.3, 0.4) is 0 Å². The minimum atomic E-state index is -0.410. The monoisotopic (exact) mass is 282 g/mol. The molecule has 20 heavy (non-hydrogen) atoms. The first-order valence-corrected chi connectivity index (χ1v) is 8.16. The molecule has 1 aliphatic carbocycles. The van der Waals surface area contributed by atoms with Gasteiger partial charge >= 0.3 is 6.09 Å². The molecule has 1 amide bonds.